The molecule has 1 atom stereocenters. The fraction of sp³-hybridized carbons (Fsp3) is 0.444. The minimum Gasteiger partial charge on any atom is -0.439 e. The van der Waals surface area contributed by atoms with Crippen LogP contribution in [0.3, 0.4) is 0 Å². The Hall–Kier alpha value is -2.78. The standard InChI is InChI=1S/C27H36FN3O4/c1-20(2)18-34-19-24(32)16-30(14-15-33-4)17-26-21(3)29-31(23-8-6-5-7-9-23)27(26)35-25-12-10-22(28)11-13-25/h5-13,20,24,32H,14-19H2,1-4H3/t24-/m0/s1. The summed E-state index contributed by atoms with van der Waals surface area (Å²) in [7, 11) is 1.65. The van der Waals surface area contributed by atoms with Gasteiger partial charge in [-0.25, -0.2) is 9.07 Å². The van der Waals surface area contributed by atoms with Crippen molar-refractivity contribution in [3.8, 4) is 17.3 Å². The van der Waals surface area contributed by atoms with E-state index in [1.165, 1.54) is 12.1 Å². The molecular formula is C27H36FN3O4. The van der Waals surface area contributed by atoms with Crippen LogP contribution in [0.25, 0.3) is 5.69 Å². The Balaban J connectivity index is 1.88. The van der Waals surface area contributed by atoms with Crippen molar-refractivity contribution in [2.75, 3.05) is 40.0 Å². The number of aliphatic hydroxyl groups excluding tert-OH is 1. The second-order valence-corrected chi connectivity index (χ2v) is 8.99. The predicted molar refractivity (Wildman–Crippen MR) is 134 cm³/mol. The topological polar surface area (TPSA) is 69.0 Å². The van der Waals surface area contributed by atoms with Crippen LogP contribution in [0.1, 0.15) is 25.1 Å². The van der Waals surface area contributed by atoms with E-state index < -0.39 is 6.10 Å². The van der Waals surface area contributed by atoms with E-state index in [-0.39, 0.29) is 12.4 Å². The van der Waals surface area contributed by atoms with Crippen LogP contribution in [0.2, 0.25) is 0 Å². The van der Waals surface area contributed by atoms with Gasteiger partial charge in [-0.1, -0.05) is 32.0 Å². The third-order valence-electron chi connectivity index (χ3n) is 5.39. The predicted octanol–water partition coefficient (Wildman–Crippen LogP) is 4.59. The maximum absolute atomic E-state index is 13.5. The molecule has 0 fully saturated rings. The van der Waals surface area contributed by atoms with Gasteiger partial charge in [0.25, 0.3) is 0 Å². The van der Waals surface area contributed by atoms with Crippen LogP contribution in [0.15, 0.2) is 54.6 Å². The quantitative estimate of drug-likeness (QED) is 0.360. The van der Waals surface area contributed by atoms with E-state index in [0.717, 1.165) is 16.9 Å². The summed E-state index contributed by atoms with van der Waals surface area (Å²) >= 11 is 0. The van der Waals surface area contributed by atoms with Crippen molar-refractivity contribution in [2.24, 2.45) is 5.92 Å². The molecule has 0 aliphatic carbocycles. The summed E-state index contributed by atoms with van der Waals surface area (Å²) in [6.07, 6.45) is -0.642. The van der Waals surface area contributed by atoms with Crippen molar-refractivity contribution in [1.29, 1.82) is 0 Å². The SMILES string of the molecule is COCCN(Cc1c(C)nn(-c2ccccc2)c1Oc1ccc(F)cc1)C[C@H](O)COCC(C)C. The summed E-state index contributed by atoms with van der Waals surface area (Å²) in [5.74, 6) is 1.14. The number of nitrogens with zero attached hydrogens (tertiary/aromatic N) is 3. The highest BCUT2D eigenvalue weighted by molar-refractivity contribution is 5.43. The van der Waals surface area contributed by atoms with Gasteiger partial charge in [-0.15, -0.1) is 0 Å². The first-order valence-electron chi connectivity index (χ1n) is 11.9. The zero-order chi connectivity index (χ0) is 25.2. The number of para-hydroxylation sites is 1. The molecule has 0 unspecified atom stereocenters. The molecule has 3 aromatic rings. The molecule has 0 saturated heterocycles. The number of aliphatic hydroxyl groups is 1. The van der Waals surface area contributed by atoms with Gasteiger partial charge in [-0.3, -0.25) is 4.90 Å². The lowest BCUT2D eigenvalue weighted by atomic mass is 10.2. The molecule has 35 heavy (non-hydrogen) atoms. The summed E-state index contributed by atoms with van der Waals surface area (Å²) in [5.41, 5.74) is 2.54. The first kappa shape index (κ1) is 26.8. The summed E-state index contributed by atoms with van der Waals surface area (Å²) < 4.78 is 32.4. The molecule has 0 radical (unpaired) electrons. The van der Waals surface area contributed by atoms with Crippen molar-refractivity contribution < 1.29 is 23.7 Å². The minimum atomic E-state index is -0.642. The number of hydrogen-bond acceptors (Lipinski definition) is 6. The average Bonchev–Trinajstić information content (AvgIpc) is 3.14. The lowest BCUT2D eigenvalue weighted by molar-refractivity contribution is 0.00324. The van der Waals surface area contributed by atoms with E-state index in [1.54, 1.807) is 23.9 Å². The zero-order valence-electron chi connectivity index (χ0n) is 21.0. The largest absolute Gasteiger partial charge is 0.439 e. The smallest absolute Gasteiger partial charge is 0.227 e. The first-order valence-corrected chi connectivity index (χ1v) is 11.9. The molecule has 0 bridgehead atoms. The second-order valence-electron chi connectivity index (χ2n) is 8.99. The van der Waals surface area contributed by atoms with E-state index in [2.05, 4.69) is 18.7 Å². The van der Waals surface area contributed by atoms with Crippen molar-refractivity contribution in [3.63, 3.8) is 0 Å². The second kappa shape index (κ2) is 13.3. The highest BCUT2D eigenvalue weighted by Crippen LogP contribution is 2.31. The Morgan fingerprint density at radius 3 is 2.43 bits per heavy atom. The summed E-state index contributed by atoms with van der Waals surface area (Å²) in [6.45, 7) is 8.98. The number of aromatic nitrogens is 2. The Bertz CT molecular complexity index is 1020. The molecular weight excluding hydrogens is 449 g/mol. The highest BCUT2D eigenvalue weighted by atomic mass is 19.1. The lowest BCUT2D eigenvalue weighted by Gasteiger charge is -2.25. The average molecular weight is 486 g/mol. The van der Waals surface area contributed by atoms with Crippen molar-refractivity contribution in [2.45, 2.75) is 33.4 Å². The number of halogens is 1. The molecule has 1 heterocycles. The van der Waals surface area contributed by atoms with Crippen molar-refractivity contribution in [1.82, 2.24) is 14.7 Å². The van der Waals surface area contributed by atoms with E-state index in [9.17, 15) is 9.50 Å². The van der Waals surface area contributed by atoms with Crippen LogP contribution in [0, 0.1) is 18.7 Å². The Morgan fingerprint density at radius 2 is 1.77 bits per heavy atom. The molecule has 190 valence electrons. The third kappa shape index (κ3) is 8.14. The van der Waals surface area contributed by atoms with Gasteiger partial charge in [0.05, 0.1) is 36.3 Å². The molecule has 2 aromatic carbocycles. The van der Waals surface area contributed by atoms with Gasteiger partial charge in [-0.05, 0) is 49.2 Å². The molecule has 0 aliphatic rings. The number of aryl methyl sites for hydroxylation is 1. The molecule has 1 N–H and O–H groups in total. The van der Waals surface area contributed by atoms with Gasteiger partial charge in [0.15, 0.2) is 0 Å². The van der Waals surface area contributed by atoms with Crippen LogP contribution < -0.4 is 4.74 Å². The molecule has 0 amide bonds. The third-order valence-corrected chi connectivity index (χ3v) is 5.39. The van der Waals surface area contributed by atoms with Crippen molar-refractivity contribution >= 4 is 0 Å². The number of hydrogen-bond donors (Lipinski definition) is 1. The van der Waals surface area contributed by atoms with E-state index in [0.29, 0.717) is 50.4 Å². The van der Waals surface area contributed by atoms with Crippen LogP contribution in [0.5, 0.6) is 11.6 Å². The van der Waals surface area contributed by atoms with E-state index in [1.807, 2.05) is 37.3 Å². The van der Waals surface area contributed by atoms with Crippen LogP contribution in [-0.4, -0.2) is 65.9 Å². The summed E-state index contributed by atoms with van der Waals surface area (Å²) in [5, 5.41) is 15.3. The fourth-order valence-corrected chi connectivity index (χ4v) is 3.65. The number of benzene rings is 2. The normalized spacial score (nSPS) is 12.5. The van der Waals surface area contributed by atoms with E-state index >= 15 is 0 Å². The molecule has 0 spiro atoms. The summed E-state index contributed by atoms with van der Waals surface area (Å²) in [4.78, 5) is 2.10. The Labute approximate surface area is 207 Å². The molecule has 3 rings (SSSR count). The van der Waals surface area contributed by atoms with Crippen LogP contribution >= 0.6 is 0 Å². The number of ether oxygens (including phenoxy) is 3. The maximum Gasteiger partial charge on any atom is 0.227 e. The van der Waals surface area contributed by atoms with Gasteiger partial charge >= 0.3 is 0 Å². The van der Waals surface area contributed by atoms with Gasteiger partial charge in [0.2, 0.25) is 5.88 Å². The number of methoxy groups -OCH3 is 1. The molecule has 7 nitrogen and oxygen atoms in total. The fourth-order valence-electron chi connectivity index (χ4n) is 3.65. The van der Waals surface area contributed by atoms with Crippen LogP contribution in [0.4, 0.5) is 4.39 Å². The highest BCUT2D eigenvalue weighted by Gasteiger charge is 2.22. The molecule has 0 aliphatic heterocycles. The first-order chi connectivity index (χ1) is 16.9. The molecule has 0 saturated carbocycles. The van der Waals surface area contributed by atoms with E-state index in [4.69, 9.17) is 19.3 Å². The summed E-state index contributed by atoms with van der Waals surface area (Å²) in [6, 6.07) is 15.6. The van der Waals surface area contributed by atoms with Gasteiger partial charge in [-0.2, -0.15) is 5.10 Å². The molecule has 8 heteroatoms. The van der Waals surface area contributed by atoms with Gasteiger partial charge < -0.3 is 19.3 Å². The van der Waals surface area contributed by atoms with Crippen LogP contribution in [-0.2, 0) is 16.0 Å². The van der Waals surface area contributed by atoms with Crippen molar-refractivity contribution in [3.05, 3.63) is 71.7 Å². The monoisotopic (exact) mass is 485 g/mol. The maximum atomic E-state index is 13.5. The number of rotatable bonds is 14. The zero-order valence-corrected chi connectivity index (χ0v) is 21.0. The van der Waals surface area contributed by atoms with Gasteiger partial charge in [0, 0.05) is 33.4 Å². The minimum absolute atomic E-state index is 0.267. The Morgan fingerprint density at radius 1 is 1.06 bits per heavy atom. The molecule has 1 aromatic heterocycles. The van der Waals surface area contributed by atoms with Gasteiger partial charge in [0.1, 0.15) is 11.6 Å². The lowest BCUT2D eigenvalue weighted by Crippen LogP contribution is -2.37. The Kier molecular flexibility index (Phi) is 10.2.